The first kappa shape index (κ1) is 13.0. The number of nitrogens with two attached hydrogens (primary N) is 1. The number of nitrogens with zero attached hydrogens (tertiary/aromatic N) is 1. The smallest absolute Gasteiger partial charge is 0.0393 e. The Balaban J connectivity index is 2.69. The van der Waals surface area contributed by atoms with Gasteiger partial charge in [0, 0.05) is 19.3 Å². The van der Waals surface area contributed by atoms with Crippen LogP contribution in [-0.4, -0.2) is 20.1 Å². The third-order valence-corrected chi connectivity index (χ3v) is 3.01. The molecule has 0 aliphatic carbocycles. The van der Waals surface area contributed by atoms with Gasteiger partial charge in [-0.2, -0.15) is 0 Å². The van der Waals surface area contributed by atoms with Crippen molar-refractivity contribution in [3.8, 4) is 0 Å². The van der Waals surface area contributed by atoms with Crippen LogP contribution in [0.1, 0.15) is 24.5 Å². The van der Waals surface area contributed by atoms with Crippen molar-refractivity contribution in [1.82, 2.24) is 0 Å². The summed E-state index contributed by atoms with van der Waals surface area (Å²) in [7, 11) is 2.16. The zero-order valence-corrected chi connectivity index (χ0v) is 11.0. The lowest BCUT2D eigenvalue weighted by Crippen LogP contribution is -2.25. The fourth-order valence-electron chi connectivity index (χ4n) is 2.18. The monoisotopic (exact) mass is 220 g/mol. The molecule has 0 radical (unpaired) electrons. The Bertz CT molecular complexity index is 334. The molecule has 2 heteroatoms. The van der Waals surface area contributed by atoms with Crippen molar-refractivity contribution in [2.75, 3.05) is 25.0 Å². The molecule has 1 aromatic carbocycles. The fourth-order valence-corrected chi connectivity index (χ4v) is 2.18. The van der Waals surface area contributed by atoms with Gasteiger partial charge in [-0.1, -0.05) is 24.6 Å². The molecule has 1 unspecified atom stereocenters. The lowest BCUT2D eigenvalue weighted by atomic mass is 10.1. The summed E-state index contributed by atoms with van der Waals surface area (Å²) in [5.74, 6) is 0.649. The van der Waals surface area contributed by atoms with Gasteiger partial charge in [0.25, 0.3) is 0 Å². The fraction of sp³-hybridized carbons (Fsp3) is 0.571. The summed E-state index contributed by atoms with van der Waals surface area (Å²) in [6.45, 7) is 8.41. The molecule has 0 saturated carbocycles. The van der Waals surface area contributed by atoms with E-state index in [0.717, 1.165) is 19.5 Å². The Morgan fingerprint density at radius 1 is 1.31 bits per heavy atom. The number of rotatable bonds is 5. The molecule has 1 aromatic rings. The van der Waals surface area contributed by atoms with E-state index >= 15 is 0 Å². The Morgan fingerprint density at radius 3 is 2.56 bits per heavy atom. The highest BCUT2D eigenvalue weighted by atomic mass is 15.1. The van der Waals surface area contributed by atoms with Gasteiger partial charge in [-0.3, -0.25) is 0 Å². The van der Waals surface area contributed by atoms with Gasteiger partial charge in [0.1, 0.15) is 0 Å². The Morgan fingerprint density at radius 2 is 2.00 bits per heavy atom. The number of aryl methyl sites for hydroxylation is 2. The van der Waals surface area contributed by atoms with Crippen LogP contribution >= 0.6 is 0 Å². The largest absolute Gasteiger partial charge is 0.374 e. The molecular weight excluding hydrogens is 196 g/mol. The molecule has 16 heavy (non-hydrogen) atoms. The molecule has 0 saturated heterocycles. The predicted molar refractivity (Wildman–Crippen MR) is 72.0 cm³/mol. The third kappa shape index (κ3) is 3.53. The highest BCUT2D eigenvalue weighted by molar-refractivity contribution is 5.53. The third-order valence-electron chi connectivity index (χ3n) is 3.01. The van der Waals surface area contributed by atoms with Crippen molar-refractivity contribution < 1.29 is 0 Å². The van der Waals surface area contributed by atoms with E-state index in [1.165, 1.54) is 16.8 Å². The summed E-state index contributed by atoms with van der Waals surface area (Å²) in [4.78, 5) is 2.33. The predicted octanol–water partition coefficient (Wildman–Crippen LogP) is 2.72. The topological polar surface area (TPSA) is 29.3 Å². The van der Waals surface area contributed by atoms with Crippen molar-refractivity contribution in [3.63, 3.8) is 0 Å². The lowest BCUT2D eigenvalue weighted by Gasteiger charge is -2.25. The first-order valence-electron chi connectivity index (χ1n) is 6.03. The van der Waals surface area contributed by atoms with E-state index in [1.807, 2.05) is 0 Å². The van der Waals surface area contributed by atoms with Crippen LogP contribution in [0.4, 0.5) is 5.69 Å². The van der Waals surface area contributed by atoms with Crippen molar-refractivity contribution in [2.24, 2.45) is 11.7 Å². The molecule has 0 bridgehead atoms. The normalized spacial score (nSPS) is 12.6. The van der Waals surface area contributed by atoms with E-state index < -0.39 is 0 Å². The minimum absolute atomic E-state index is 0.649. The molecule has 0 spiro atoms. The van der Waals surface area contributed by atoms with Crippen LogP contribution in [0.15, 0.2) is 18.2 Å². The van der Waals surface area contributed by atoms with E-state index in [2.05, 4.69) is 50.9 Å². The SMILES string of the molecule is Cc1ccc(N(C)CC(C)CCN)c(C)c1. The van der Waals surface area contributed by atoms with Gasteiger partial charge in [-0.15, -0.1) is 0 Å². The second-order valence-corrected chi connectivity index (χ2v) is 4.85. The first-order valence-corrected chi connectivity index (χ1v) is 6.03. The standard InChI is InChI=1S/C14H24N2/c1-11-5-6-14(13(3)9-11)16(4)10-12(2)7-8-15/h5-6,9,12H,7-8,10,15H2,1-4H3. The molecule has 0 fully saturated rings. The summed E-state index contributed by atoms with van der Waals surface area (Å²) >= 11 is 0. The van der Waals surface area contributed by atoms with Crippen LogP contribution in [0.3, 0.4) is 0 Å². The highest BCUT2D eigenvalue weighted by Gasteiger charge is 2.08. The Hall–Kier alpha value is -1.02. The molecular formula is C14H24N2. The zero-order chi connectivity index (χ0) is 12.1. The van der Waals surface area contributed by atoms with Crippen molar-refractivity contribution in [2.45, 2.75) is 27.2 Å². The van der Waals surface area contributed by atoms with Gasteiger partial charge in [0.15, 0.2) is 0 Å². The number of benzene rings is 1. The maximum atomic E-state index is 5.58. The molecule has 0 aliphatic heterocycles. The van der Waals surface area contributed by atoms with Gasteiger partial charge in [-0.25, -0.2) is 0 Å². The van der Waals surface area contributed by atoms with Crippen LogP contribution in [0.2, 0.25) is 0 Å². The number of hydrogen-bond donors (Lipinski definition) is 1. The summed E-state index contributed by atoms with van der Waals surface area (Å²) in [5.41, 5.74) is 9.58. The second-order valence-electron chi connectivity index (χ2n) is 4.85. The molecule has 0 heterocycles. The van der Waals surface area contributed by atoms with E-state index in [1.54, 1.807) is 0 Å². The van der Waals surface area contributed by atoms with Crippen molar-refractivity contribution >= 4 is 5.69 Å². The van der Waals surface area contributed by atoms with Gasteiger partial charge >= 0.3 is 0 Å². The van der Waals surface area contributed by atoms with Crippen LogP contribution in [-0.2, 0) is 0 Å². The Kier molecular flexibility index (Phi) is 4.81. The van der Waals surface area contributed by atoms with Crippen molar-refractivity contribution in [3.05, 3.63) is 29.3 Å². The summed E-state index contributed by atoms with van der Waals surface area (Å²) < 4.78 is 0. The second kappa shape index (κ2) is 5.90. The van der Waals surface area contributed by atoms with Gasteiger partial charge in [-0.05, 0) is 44.4 Å². The molecule has 1 rings (SSSR count). The average molecular weight is 220 g/mol. The van der Waals surface area contributed by atoms with E-state index in [-0.39, 0.29) is 0 Å². The highest BCUT2D eigenvalue weighted by Crippen LogP contribution is 2.21. The number of hydrogen-bond acceptors (Lipinski definition) is 2. The van der Waals surface area contributed by atoms with Gasteiger partial charge in [0.2, 0.25) is 0 Å². The maximum absolute atomic E-state index is 5.58. The van der Waals surface area contributed by atoms with Crippen molar-refractivity contribution in [1.29, 1.82) is 0 Å². The van der Waals surface area contributed by atoms with Crippen LogP contribution in [0, 0.1) is 19.8 Å². The maximum Gasteiger partial charge on any atom is 0.0393 e. The molecule has 2 nitrogen and oxygen atoms in total. The van der Waals surface area contributed by atoms with Crippen LogP contribution in [0.5, 0.6) is 0 Å². The van der Waals surface area contributed by atoms with E-state index in [4.69, 9.17) is 5.73 Å². The van der Waals surface area contributed by atoms with Crippen LogP contribution in [0.25, 0.3) is 0 Å². The summed E-state index contributed by atoms with van der Waals surface area (Å²) in [6, 6.07) is 6.62. The molecule has 90 valence electrons. The summed E-state index contributed by atoms with van der Waals surface area (Å²) in [6.07, 6.45) is 1.09. The minimum atomic E-state index is 0.649. The van der Waals surface area contributed by atoms with Gasteiger partial charge in [0.05, 0.1) is 0 Å². The zero-order valence-electron chi connectivity index (χ0n) is 11.0. The molecule has 2 N–H and O–H groups in total. The minimum Gasteiger partial charge on any atom is -0.374 e. The van der Waals surface area contributed by atoms with Crippen LogP contribution < -0.4 is 10.6 Å². The van der Waals surface area contributed by atoms with Gasteiger partial charge < -0.3 is 10.6 Å². The molecule has 0 aliphatic rings. The molecule has 1 atom stereocenters. The molecule has 0 aromatic heterocycles. The number of anilines is 1. The summed E-state index contributed by atoms with van der Waals surface area (Å²) in [5, 5.41) is 0. The molecule has 0 amide bonds. The van der Waals surface area contributed by atoms with E-state index in [9.17, 15) is 0 Å². The average Bonchev–Trinajstić information content (AvgIpc) is 2.17. The quantitative estimate of drug-likeness (QED) is 0.826. The first-order chi connectivity index (χ1) is 7.54. The lowest BCUT2D eigenvalue weighted by molar-refractivity contribution is 0.539. The van der Waals surface area contributed by atoms with E-state index in [0.29, 0.717) is 5.92 Å². The Labute approximate surface area is 99.5 Å².